The number of rotatable bonds is 4. The summed E-state index contributed by atoms with van der Waals surface area (Å²) in [6.45, 7) is 2.54. The summed E-state index contributed by atoms with van der Waals surface area (Å²) in [6, 6.07) is 2.52. The third-order valence-electron chi connectivity index (χ3n) is 2.00. The van der Waals surface area contributed by atoms with Crippen molar-refractivity contribution in [3.05, 3.63) is 31.4 Å². The zero-order valence-corrected chi connectivity index (χ0v) is 12.9. The highest BCUT2D eigenvalue weighted by Crippen LogP contribution is 2.28. The van der Waals surface area contributed by atoms with Crippen molar-refractivity contribution in [3.63, 3.8) is 0 Å². The Morgan fingerprint density at radius 1 is 1.68 bits per heavy atom. The number of nitro benzene ring substituents is 1. The number of phenolic OH excluding ortho intramolecular Hbond substituents is 1. The standard InChI is InChI=1S/C10H11IN4O3S/c1-2-12-10(19)14-13-5-6-3-7(15(17)18)4-8(11)9(6)16/h3-5,16H,2H2,1H3,(H2,12,14,19)/b13-5-. The van der Waals surface area contributed by atoms with Crippen molar-refractivity contribution in [2.45, 2.75) is 6.92 Å². The topological polar surface area (TPSA) is 99.8 Å². The van der Waals surface area contributed by atoms with E-state index in [1.165, 1.54) is 18.3 Å². The van der Waals surface area contributed by atoms with Crippen molar-refractivity contribution in [1.82, 2.24) is 10.7 Å². The first-order valence-electron chi connectivity index (χ1n) is 5.19. The number of nitrogens with zero attached hydrogens (tertiary/aromatic N) is 2. The third-order valence-corrected chi connectivity index (χ3v) is 3.05. The number of hydrogen-bond donors (Lipinski definition) is 3. The van der Waals surface area contributed by atoms with E-state index in [-0.39, 0.29) is 17.0 Å². The van der Waals surface area contributed by atoms with Crippen molar-refractivity contribution in [2.75, 3.05) is 6.54 Å². The summed E-state index contributed by atoms with van der Waals surface area (Å²) in [5.41, 5.74) is 2.66. The molecular formula is C10H11IN4O3S. The van der Waals surface area contributed by atoms with Crippen molar-refractivity contribution in [1.29, 1.82) is 0 Å². The third kappa shape index (κ3) is 4.59. The molecule has 102 valence electrons. The van der Waals surface area contributed by atoms with Crippen LogP contribution in [0.15, 0.2) is 17.2 Å². The molecule has 0 aromatic heterocycles. The van der Waals surface area contributed by atoms with Gasteiger partial charge in [-0.25, -0.2) is 0 Å². The Morgan fingerprint density at radius 3 is 2.95 bits per heavy atom. The number of thiocarbonyl (C=S) groups is 1. The van der Waals surface area contributed by atoms with Gasteiger partial charge >= 0.3 is 0 Å². The van der Waals surface area contributed by atoms with E-state index in [1.54, 1.807) is 0 Å². The van der Waals surface area contributed by atoms with Crippen molar-refractivity contribution in [2.24, 2.45) is 5.10 Å². The van der Waals surface area contributed by atoms with Crippen LogP contribution in [-0.4, -0.2) is 27.9 Å². The van der Waals surface area contributed by atoms with Crippen molar-refractivity contribution < 1.29 is 10.0 Å². The smallest absolute Gasteiger partial charge is 0.271 e. The van der Waals surface area contributed by atoms with Gasteiger partial charge in [-0.15, -0.1) is 0 Å². The Balaban J connectivity index is 2.91. The Labute approximate surface area is 128 Å². The first-order chi connectivity index (χ1) is 8.95. The molecule has 1 aromatic carbocycles. The molecule has 0 aliphatic rings. The molecule has 0 amide bonds. The van der Waals surface area contributed by atoms with Crippen LogP contribution in [0.5, 0.6) is 5.75 Å². The number of aromatic hydroxyl groups is 1. The lowest BCUT2D eigenvalue weighted by Gasteiger charge is -2.04. The molecule has 7 nitrogen and oxygen atoms in total. The molecular weight excluding hydrogens is 383 g/mol. The predicted molar refractivity (Wildman–Crippen MR) is 84.5 cm³/mol. The van der Waals surface area contributed by atoms with E-state index < -0.39 is 4.92 Å². The normalized spacial score (nSPS) is 10.4. The zero-order valence-electron chi connectivity index (χ0n) is 9.88. The van der Waals surface area contributed by atoms with E-state index >= 15 is 0 Å². The van der Waals surface area contributed by atoms with E-state index in [9.17, 15) is 15.2 Å². The minimum atomic E-state index is -0.532. The minimum Gasteiger partial charge on any atom is -0.506 e. The van der Waals surface area contributed by atoms with E-state index in [0.29, 0.717) is 15.2 Å². The number of phenols is 1. The molecule has 0 aliphatic heterocycles. The van der Waals surface area contributed by atoms with Crippen LogP contribution in [0.3, 0.4) is 0 Å². The van der Waals surface area contributed by atoms with E-state index in [0.717, 1.165) is 0 Å². The Bertz CT molecular complexity index is 536. The molecule has 0 saturated carbocycles. The summed E-state index contributed by atoms with van der Waals surface area (Å²) in [5.74, 6) is -0.0638. The summed E-state index contributed by atoms with van der Waals surface area (Å²) in [6.07, 6.45) is 1.27. The van der Waals surface area contributed by atoms with Gasteiger partial charge in [0.25, 0.3) is 5.69 Å². The second-order valence-corrected chi connectivity index (χ2v) is 4.92. The Hall–Kier alpha value is -1.49. The molecule has 0 heterocycles. The predicted octanol–water partition coefficient (Wildman–Crippen LogP) is 1.72. The van der Waals surface area contributed by atoms with Gasteiger partial charge in [-0.3, -0.25) is 15.5 Å². The van der Waals surface area contributed by atoms with E-state index in [4.69, 9.17) is 12.2 Å². The first kappa shape index (κ1) is 15.6. The fourth-order valence-electron chi connectivity index (χ4n) is 1.17. The van der Waals surface area contributed by atoms with Gasteiger partial charge in [0, 0.05) is 24.2 Å². The summed E-state index contributed by atoms with van der Waals surface area (Å²) < 4.78 is 0.377. The molecule has 19 heavy (non-hydrogen) atoms. The van der Waals surface area contributed by atoms with Crippen LogP contribution in [-0.2, 0) is 0 Å². The van der Waals surface area contributed by atoms with Gasteiger partial charge in [-0.1, -0.05) is 0 Å². The van der Waals surface area contributed by atoms with Crippen LogP contribution in [0.2, 0.25) is 0 Å². The fourth-order valence-corrected chi connectivity index (χ4v) is 2.00. The van der Waals surface area contributed by atoms with Gasteiger partial charge in [0.1, 0.15) is 5.75 Å². The van der Waals surface area contributed by atoms with Crippen LogP contribution in [0.4, 0.5) is 5.69 Å². The zero-order chi connectivity index (χ0) is 14.4. The number of non-ortho nitro benzene ring substituents is 1. The molecule has 9 heteroatoms. The lowest BCUT2D eigenvalue weighted by Crippen LogP contribution is -2.31. The number of benzene rings is 1. The molecule has 1 rings (SSSR count). The number of nitrogens with one attached hydrogen (secondary N) is 2. The second-order valence-electron chi connectivity index (χ2n) is 3.35. The maximum atomic E-state index is 10.7. The number of hydrogen-bond acceptors (Lipinski definition) is 5. The molecule has 0 fully saturated rings. The minimum absolute atomic E-state index is 0.0638. The Morgan fingerprint density at radius 2 is 2.37 bits per heavy atom. The van der Waals surface area contributed by atoms with Crippen LogP contribution < -0.4 is 10.7 Å². The van der Waals surface area contributed by atoms with Crippen LogP contribution >= 0.6 is 34.8 Å². The van der Waals surface area contributed by atoms with Gasteiger partial charge in [-0.2, -0.15) is 5.10 Å². The van der Waals surface area contributed by atoms with Crippen LogP contribution in [0.25, 0.3) is 0 Å². The number of hydrazone groups is 1. The van der Waals surface area contributed by atoms with Crippen molar-refractivity contribution >= 4 is 51.8 Å². The molecule has 0 unspecified atom stereocenters. The van der Waals surface area contributed by atoms with Gasteiger partial charge in [-0.05, 0) is 41.7 Å². The van der Waals surface area contributed by atoms with E-state index in [1.807, 2.05) is 29.5 Å². The largest absolute Gasteiger partial charge is 0.506 e. The molecule has 0 saturated heterocycles. The maximum absolute atomic E-state index is 10.7. The molecule has 0 atom stereocenters. The highest BCUT2D eigenvalue weighted by Gasteiger charge is 2.13. The van der Waals surface area contributed by atoms with Gasteiger partial charge in [0.2, 0.25) is 0 Å². The quantitative estimate of drug-likeness (QED) is 0.237. The number of nitro groups is 1. The summed E-state index contributed by atoms with van der Waals surface area (Å²) in [4.78, 5) is 10.2. The molecule has 1 aromatic rings. The SMILES string of the molecule is CCNC(=S)N/N=C\c1cc([N+](=O)[O-])cc(I)c1O. The van der Waals surface area contributed by atoms with Crippen LogP contribution in [0.1, 0.15) is 12.5 Å². The summed E-state index contributed by atoms with van der Waals surface area (Å²) in [7, 11) is 0. The molecule has 0 bridgehead atoms. The highest BCUT2D eigenvalue weighted by atomic mass is 127. The molecule has 0 spiro atoms. The lowest BCUT2D eigenvalue weighted by atomic mass is 10.2. The highest BCUT2D eigenvalue weighted by molar-refractivity contribution is 14.1. The molecule has 3 N–H and O–H groups in total. The maximum Gasteiger partial charge on any atom is 0.271 e. The second kappa shape index (κ2) is 7.19. The number of halogens is 1. The average molecular weight is 394 g/mol. The fraction of sp³-hybridized carbons (Fsp3) is 0.200. The Kier molecular flexibility index (Phi) is 5.89. The van der Waals surface area contributed by atoms with Gasteiger partial charge < -0.3 is 10.4 Å². The van der Waals surface area contributed by atoms with Crippen LogP contribution in [0, 0.1) is 13.7 Å². The van der Waals surface area contributed by atoms with Gasteiger partial charge in [0.05, 0.1) is 14.7 Å². The lowest BCUT2D eigenvalue weighted by molar-refractivity contribution is -0.385. The summed E-state index contributed by atoms with van der Waals surface area (Å²) >= 11 is 6.70. The average Bonchev–Trinajstić information content (AvgIpc) is 2.34. The summed E-state index contributed by atoms with van der Waals surface area (Å²) in [5, 5.41) is 27.4. The molecule has 0 aliphatic carbocycles. The first-order valence-corrected chi connectivity index (χ1v) is 6.68. The van der Waals surface area contributed by atoms with Crippen molar-refractivity contribution in [3.8, 4) is 5.75 Å². The molecule has 0 radical (unpaired) electrons. The van der Waals surface area contributed by atoms with Gasteiger partial charge in [0.15, 0.2) is 5.11 Å². The van der Waals surface area contributed by atoms with E-state index in [2.05, 4.69) is 15.8 Å². The monoisotopic (exact) mass is 394 g/mol.